The van der Waals surface area contributed by atoms with Gasteiger partial charge in [-0.05, 0) is 37.8 Å². The van der Waals surface area contributed by atoms with Gasteiger partial charge in [-0.3, -0.25) is 4.90 Å². The molecule has 0 unspecified atom stereocenters. The van der Waals surface area contributed by atoms with Gasteiger partial charge in [0.05, 0.1) is 24.1 Å². The summed E-state index contributed by atoms with van der Waals surface area (Å²) in [6.45, 7) is 2.97. The first-order chi connectivity index (χ1) is 11.3. The minimum atomic E-state index is 0.448. The maximum Gasteiger partial charge on any atom is 0.140 e. The lowest BCUT2D eigenvalue weighted by Crippen LogP contribution is -2.37. The third-order valence-corrected chi connectivity index (χ3v) is 5.35. The highest BCUT2D eigenvalue weighted by Gasteiger charge is 2.25. The van der Waals surface area contributed by atoms with Crippen molar-refractivity contribution in [2.45, 2.75) is 57.3 Å². The van der Waals surface area contributed by atoms with E-state index in [-0.39, 0.29) is 0 Å². The van der Waals surface area contributed by atoms with Crippen molar-refractivity contribution in [2.75, 3.05) is 13.1 Å². The Balaban J connectivity index is 1.32. The largest absolute Gasteiger partial charge is 0.460 e. The molecular weight excluding hydrogens is 312 g/mol. The molecule has 1 saturated carbocycles. The van der Waals surface area contributed by atoms with Gasteiger partial charge in [0.25, 0.3) is 0 Å². The number of halogens is 1. The molecule has 124 valence electrons. The van der Waals surface area contributed by atoms with Crippen molar-refractivity contribution in [3.8, 4) is 0 Å². The van der Waals surface area contributed by atoms with Gasteiger partial charge in [-0.1, -0.05) is 24.4 Å². The summed E-state index contributed by atoms with van der Waals surface area (Å²) in [5, 5.41) is 1.42. The predicted molar refractivity (Wildman–Crippen MR) is 90.7 cm³/mol. The number of aromatic nitrogens is 1. The maximum absolute atomic E-state index is 6.24. The summed E-state index contributed by atoms with van der Waals surface area (Å²) < 4.78 is 12.1. The molecule has 2 aliphatic rings. The van der Waals surface area contributed by atoms with Gasteiger partial charge >= 0.3 is 0 Å². The molecule has 0 N–H and O–H groups in total. The molecule has 3 heterocycles. The van der Waals surface area contributed by atoms with E-state index in [0.29, 0.717) is 17.4 Å². The Kier molecular flexibility index (Phi) is 4.56. The smallest absolute Gasteiger partial charge is 0.140 e. The summed E-state index contributed by atoms with van der Waals surface area (Å²) in [7, 11) is 0. The van der Waals surface area contributed by atoms with E-state index >= 15 is 0 Å². The lowest BCUT2D eigenvalue weighted by Gasteiger charge is -2.32. The Hall–Kier alpha value is -1.10. The van der Waals surface area contributed by atoms with E-state index in [9.17, 15) is 0 Å². The molecule has 1 aliphatic carbocycles. The van der Waals surface area contributed by atoms with Crippen LogP contribution in [0.25, 0.3) is 11.0 Å². The SMILES string of the molecule is Clc1nccc2oc(CN3CCC(OC4CCCC4)CC3)cc12. The van der Waals surface area contributed by atoms with Crippen molar-refractivity contribution in [2.24, 2.45) is 0 Å². The second kappa shape index (κ2) is 6.80. The Morgan fingerprint density at radius 3 is 2.65 bits per heavy atom. The average Bonchev–Trinajstić information content (AvgIpc) is 3.19. The molecule has 1 aliphatic heterocycles. The van der Waals surface area contributed by atoms with Crippen molar-refractivity contribution in [3.05, 3.63) is 29.2 Å². The lowest BCUT2D eigenvalue weighted by molar-refractivity contribution is -0.0405. The number of fused-ring (bicyclic) bond motifs is 1. The van der Waals surface area contributed by atoms with Gasteiger partial charge in [0, 0.05) is 19.3 Å². The quantitative estimate of drug-likeness (QED) is 0.776. The Labute approximate surface area is 141 Å². The van der Waals surface area contributed by atoms with Gasteiger partial charge in [0.1, 0.15) is 16.5 Å². The van der Waals surface area contributed by atoms with E-state index in [4.69, 9.17) is 20.8 Å². The zero-order valence-corrected chi connectivity index (χ0v) is 14.1. The molecule has 4 rings (SSSR count). The lowest BCUT2D eigenvalue weighted by atomic mass is 10.1. The topological polar surface area (TPSA) is 38.5 Å². The molecule has 0 spiro atoms. The van der Waals surface area contributed by atoms with Crippen LogP contribution in [0.1, 0.15) is 44.3 Å². The molecule has 4 nitrogen and oxygen atoms in total. The molecule has 0 bridgehead atoms. The van der Waals surface area contributed by atoms with Crippen LogP contribution in [0.3, 0.4) is 0 Å². The van der Waals surface area contributed by atoms with Crippen LogP contribution in [-0.4, -0.2) is 35.2 Å². The first-order valence-corrected chi connectivity index (χ1v) is 9.06. The summed E-state index contributed by atoms with van der Waals surface area (Å²) in [6.07, 6.45) is 10.1. The summed E-state index contributed by atoms with van der Waals surface area (Å²) >= 11 is 6.11. The van der Waals surface area contributed by atoms with E-state index < -0.39 is 0 Å². The highest BCUT2D eigenvalue weighted by molar-refractivity contribution is 6.34. The summed E-state index contributed by atoms with van der Waals surface area (Å²) in [6, 6.07) is 3.89. The van der Waals surface area contributed by atoms with Crippen LogP contribution in [0.2, 0.25) is 5.15 Å². The highest BCUT2D eigenvalue weighted by Crippen LogP contribution is 2.28. The standard InChI is InChI=1S/C18H23ClN2O2/c19-18-16-11-15(23-17(16)5-8-20-18)12-21-9-6-14(7-10-21)22-13-3-1-2-4-13/h5,8,11,13-14H,1-4,6-7,9-10,12H2. The van der Waals surface area contributed by atoms with Crippen molar-refractivity contribution in [1.29, 1.82) is 0 Å². The molecule has 2 fully saturated rings. The van der Waals surface area contributed by atoms with Crippen molar-refractivity contribution >= 4 is 22.6 Å². The molecule has 0 amide bonds. The van der Waals surface area contributed by atoms with E-state index in [1.165, 1.54) is 25.7 Å². The van der Waals surface area contributed by atoms with Gasteiger partial charge < -0.3 is 9.15 Å². The van der Waals surface area contributed by atoms with Crippen molar-refractivity contribution in [1.82, 2.24) is 9.88 Å². The summed E-state index contributed by atoms with van der Waals surface area (Å²) in [4.78, 5) is 6.54. The number of piperidine rings is 1. The Morgan fingerprint density at radius 1 is 1.17 bits per heavy atom. The fourth-order valence-corrected chi connectivity index (χ4v) is 3.99. The highest BCUT2D eigenvalue weighted by atomic mass is 35.5. The van der Waals surface area contributed by atoms with Gasteiger partial charge in [-0.15, -0.1) is 0 Å². The number of nitrogens with zero attached hydrogens (tertiary/aromatic N) is 2. The van der Waals surface area contributed by atoms with E-state index in [1.807, 2.05) is 12.1 Å². The minimum Gasteiger partial charge on any atom is -0.460 e. The molecule has 0 radical (unpaired) electrons. The summed E-state index contributed by atoms with van der Waals surface area (Å²) in [5.74, 6) is 0.963. The molecule has 1 saturated heterocycles. The third kappa shape index (κ3) is 3.54. The predicted octanol–water partition coefficient (Wildman–Crippen LogP) is 4.40. The molecule has 2 aromatic heterocycles. The summed E-state index contributed by atoms with van der Waals surface area (Å²) in [5.41, 5.74) is 0.819. The number of furan rings is 1. The normalized spacial score (nSPS) is 21.4. The van der Waals surface area contributed by atoms with Crippen molar-refractivity contribution in [3.63, 3.8) is 0 Å². The number of hydrogen-bond donors (Lipinski definition) is 0. The number of hydrogen-bond acceptors (Lipinski definition) is 4. The average molecular weight is 335 g/mol. The van der Waals surface area contributed by atoms with Crippen LogP contribution >= 0.6 is 11.6 Å². The molecule has 23 heavy (non-hydrogen) atoms. The van der Waals surface area contributed by atoms with Gasteiger partial charge in [0.2, 0.25) is 0 Å². The first-order valence-electron chi connectivity index (χ1n) is 8.69. The fourth-order valence-electron chi connectivity index (χ4n) is 3.78. The molecular formula is C18H23ClN2O2. The van der Waals surface area contributed by atoms with Crippen LogP contribution in [0.15, 0.2) is 22.7 Å². The monoisotopic (exact) mass is 334 g/mol. The third-order valence-electron chi connectivity index (χ3n) is 5.05. The van der Waals surface area contributed by atoms with Crippen LogP contribution in [-0.2, 0) is 11.3 Å². The molecule has 0 aromatic carbocycles. The number of pyridine rings is 1. The fraction of sp³-hybridized carbons (Fsp3) is 0.611. The van der Waals surface area contributed by atoms with Crippen LogP contribution in [0.5, 0.6) is 0 Å². The van der Waals surface area contributed by atoms with Crippen molar-refractivity contribution < 1.29 is 9.15 Å². The van der Waals surface area contributed by atoms with Gasteiger partial charge in [-0.25, -0.2) is 4.98 Å². The second-order valence-corrected chi connectivity index (χ2v) is 7.10. The Morgan fingerprint density at radius 2 is 1.91 bits per heavy atom. The Bertz CT molecular complexity index is 658. The van der Waals surface area contributed by atoms with Crippen LogP contribution in [0.4, 0.5) is 0 Å². The van der Waals surface area contributed by atoms with E-state index in [2.05, 4.69) is 9.88 Å². The number of rotatable bonds is 4. The van der Waals surface area contributed by atoms with E-state index in [0.717, 1.165) is 49.2 Å². The number of likely N-dealkylation sites (tertiary alicyclic amines) is 1. The zero-order valence-electron chi connectivity index (χ0n) is 13.3. The minimum absolute atomic E-state index is 0.448. The molecule has 0 atom stereocenters. The first kappa shape index (κ1) is 15.4. The van der Waals surface area contributed by atoms with Crippen LogP contribution < -0.4 is 0 Å². The number of ether oxygens (including phenoxy) is 1. The maximum atomic E-state index is 6.24. The van der Waals surface area contributed by atoms with E-state index in [1.54, 1.807) is 6.20 Å². The van der Waals surface area contributed by atoms with Gasteiger partial charge in [-0.2, -0.15) is 0 Å². The van der Waals surface area contributed by atoms with Gasteiger partial charge in [0.15, 0.2) is 0 Å². The molecule has 2 aromatic rings. The molecule has 5 heteroatoms. The second-order valence-electron chi connectivity index (χ2n) is 6.74. The zero-order chi connectivity index (χ0) is 15.6. The van der Waals surface area contributed by atoms with Crippen LogP contribution in [0, 0.1) is 0 Å².